The summed E-state index contributed by atoms with van der Waals surface area (Å²) in [7, 11) is 0. The molecule has 0 aliphatic heterocycles. The van der Waals surface area contributed by atoms with Crippen LogP contribution in [0.2, 0.25) is 0 Å². The van der Waals surface area contributed by atoms with Crippen molar-refractivity contribution >= 4 is 17.0 Å². The van der Waals surface area contributed by atoms with Crippen LogP contribution in [0, 0.1) is 0 Å². The van der Waals surface area contributed by atoms with Gasteiger partial charge in [0, 0.05) is 6.54 Å². The van der Waals surface area contributed by atoms with E-state index in [0.29, 0.717) is 17.0 Å². The van der Waals surface area contributed by atoms with Gasteiger partial charge in [0.2, 0.25) is 5.95 Å². The lowest BCUT2D eigenvalue weighted by Gasteiger charge is -2.01. The van der Waals surface area contributed by atoms with Crippen LogP contribution in [0.1, 0.15) is 13.3 Å². The first-order valence-corrected chi connectivity index (χ1v) is 4.48. The molecule has 0 unspecified atom stereocenters. The van der Waals surface area contributed by atoms with Crippen LogP contribution in [0.3, 0.4) is 0 Å². The third-order valence-corrected chi connectivity index (χ3v) is 1.86. The van der Waals surface area contributed by atoms with Gasteiger partial charge in [-0.05, 0) is 6.42 Å². The van der Waals surface area contributed by atoms with E-state index in [4.69, 9.17) is 0 Å². The molecule has 0 aliphatic rings. The van der Waals surface area contributed by atoms with Crippen LogP contribution in [0.5, 0.6) is 0 Å². The van der Waals surface area contributed by atoms with Gasteiger partial charge >= 0.3 is 0 Å². The number of anilines is 1. The Kier molecular flexibility index (Phi) is 2.18. The Morgan fingerprint density at radius 2 is 2.43 bits per heavy atom. The highest BCUT2D eigenvalue weighted by atomic mass is 16.1. The van der Waals surface area contributed by atoms with Crippen molar-refractivity contribution in [3.8, 4) is 0 Å². The maximum atomic E-state index is 11.4. The highest BCUT2D eigenvalue weighted by Gasteiger charge is 2.03. The Hall–Kier alpha value is -1.85. The zero-order valence-corrected chi connectivity index (χ0v) is 7.79. The second-order valence-corrected chi connectivity index (χ2v) is 2.97. The largest absolute Gasteiger partial charge is 0.356 e. The van der Waals surface area contributed by atoms with Gasteiger partial charge in [-0.15, -0.1) is 0 Å². The maximum absolute atomic E-state index is 11.4. The van der Waals surface area contributed by atoms with Crippen LogP contribution in [0.15, 0.2) is 11.0 Å². The summed E-state index contributed by atoms with van der Waals surface area (Å²) in [6, 6.07) is 0. The smallest absolute Gasteiger partial charge is 0.263 e. The van der Waals surface area contributed by atoms with Crippen molar-refractivity contribution in [2.75, 3.05) is 11.9 Å². The Bertz CT molecular complexity index is 486. The average Bonchev–Trinajstić information content (AvgIpc) is 2.63. The van der Waals surface area contributed by atoms with Gasteiger partial charge < -0.3 is 5.32 Å². The van der Waals surface area contributed by atoms with Gasteiger partial charge in [0.05, 0.1) is 6.20 Å². The Labute approximate surface area is 79.8 Å². The number of H-pyrrole nitrogens is 2. The molecule has 0 spiro atoms. The van der Waals surface area contributed by atoms with E-state index in [1.807, 2.05) is 6.92 Å². The van der Waals surface area contributed by atoms with Gasteiger partial charge in [-0.2, -0.15) is 10.1 Å². The third-order valence-electron chi connectivity index (χ3n) is 1.86. The van der Waals surface area contributed by atoms with Crippen molar-refractivity contribution in [2.24, 2.45) is 0 Å². The third kappa shape index (κ3) is 1.46. The molecule has 0 amide bonds. The van der Waals surface area contributed by atoms with Crippen LogP contribution < -0.4 is 10.9 Å². The SMILES string of the molecule is CCCNc1nc2[nH]ncc2c(=O)[nH]1. The molecule has 0 aromatic carbocycles. The topological polar surface area (TPSA) is 86.5 Å². The molecule has 0 atom stereocenters. The molecule has 3 N–H and O–H groups in total. The average molecular weight is 193 g/mol. The molecule has 2 rings (SSSR count). The molecule has 6 nitrogen and oxygen atoms in total. The maximum Gasteiger partial charge on any atom is 0.263 e. The minimum atomic E-state index is -0.178. The minimum Gasteiger partial charge on any atom is -0.356 e. The van der Waals surface area contributed by atoms with E-state index in [2.05, 4.69) is 25.5 Å². The summed E-state index contributed by atoms with van der Waals surface area (Å²) >= 11 is 0. The van der Waals surface area contributed by atoms with Crippen LogP contribution in [-0.4, -0.2) is 26.7 Å². The van der Waals surface area contributed by atoms with Gasteiger partial charge in [0.1, 0.15) is 5.39 Å². The van der Waals surface area contributed by atoms with E-state index in [1.54, 1.807) is 0 Å². The van der Waals surface area contributed by atoms with Crippen molar-refractivity contribution < 1.29 is 0 Å². The predicted octanol–water partition coefficient (Wildman–Crippen LogP) is 0.468. The van der Waals surface area contributed by atoms with E-state index >= 15 is 0 Å². The summed E-state index contributed by atoms with van der Waals surface area (Å²) in [4.78, 5) is 18.2. The van der Waals surface area contributed by atoms with Crippen LogP contribution in [0.4, 0.5) is 5.95 Å². The van der Waals surface area contributed by atoms with Crippen molar-refractivity contribution in [3.05, 3.63) is 16.6 Å². The molecule has 14 heavy (non-hydrogen) atoms. The number of hydrogen-bond donors (Lipinski definition) is 3. The van der Waals surface area contributed by atoms with Gasteiger partial charge in [0.25, 0.3) is 5.56 Å². The lowest BCUT2D eigenvalue weighted by Crippen LogP contribution is -2.13. The summed E-state index contributed by atoms with van der Waals surface area (Å²) in [5.74, 6) is 0.480. The monoisotopic (exact) mass is 193 g/mol. The molecule has 2 aromatic heterocycles. The second-order valence-electron chi connectivity index (χ2n) is 2.97. The molecule has 0 saturated carbocycles. The second kappa shape index (κ2) is 3.49. The molecule has 0 radical (unpaired) electrons. The predicted molar refractivity (Wildman–Crippen MR) is 53.3 cm³/mol. The zero-order chi connectivity index (χ0) is 9.97. The van der Waals surface area contributed by atoms with Gasteiger partial charge in [-0.1, -0.05) is 6.92 Å². The quantitative estimate of drug-likeness (QED) is 0.661. The summed E-state index contributed by atoms with van der Waals surface area (Å²) in [5.41, 5.74) is 0.328. The molecule has 0 fully saturated rings. The molecule has 0 aliphatic carbocycles. The van der Waals surface area contributed by atoms with E-state index in [0.717, 1.165) is 13.0 Å². The number of nitrogens with zero attached hydrogens (tertiary/aromatic N) is 2. The fourth-order valence-corrected chi connectivity index (χ4v) is 1.17. The number of hydrogen-bond acceptors (Lipinski definition) is 4. The van der Waals surface area contributed by atoms with Crippen molar-refractivity contribution in [3.63, 3.8) is 0 Å². The molecule has 74 valence electrons. The van der Waals surface area contributed by atoms with E-state index in [-0.39, 0.29) is 5.56 Å². The van der Waals surface area contributed by atoms with E-state index in [1.165, 1.54) is 6.20 Å². The highest BCUT2D eigenvalue weighted by Crippen LogP contribution is 2.03. The summed E-state index contributed by atoms with van der Waals surface area (Å²) < 4.78 is 0. The fourth-order valence-electron chi connectivity index (χ4n) is 1.17. The Balaban J connectivity index is 2.43. The summed E-state index contributed by atoms with van der Waals surface area (Å²) in [6.45, 7) is 2.82. The number of rotatable bonds is 3. The van der Waals surface area contributed by atoms with E-state index < -0.39 is 0 Å². The number of aromatic nitrogens is 4. The van der Waals surface area contributed by atoms with Crippen molar-refractivity contribution in [2.45, 2.75) is 13.3 Å². The first kappa shape index (κ1) is 8.74. The van der Waals surface area contributed by atoms with Crippen LogP contribution in [0.25, 0.3) is 11.0 Å². The molecular formula is C8H11N5O. The van der Waals surface area contributed by atoms with Gasteiger partial charge in [0.15, 0.2) is 5.65 Å². The number of nitrogens with one attached hydrogen (secondary N) is 3. The highest BCUT2D eigenvalue weighted by molar-refractivity contribution is 5.73. The molecule has 2 aromatic rings. The lowest BCUT2D eigenvalue weighted by atomic mass is 10.4. The summed E-state index contributed by atoms with van der Waals surface area (Å²) in [6.07, 6.45) is 2.44. The first-order valence-electron chi connectivity index (χ1n) is 4.48. The zero-order valence-electron chi connectivity index (χ0n) is 7.79. The molecule has 0 saturated heterocycles. The fraction of sp³-hybridized carbons (Fsp3) is 0.375. The number of aromatic amines is 2. The standard InChI is InChI=1S/C8H11N5O/c1-2-3-9-8-11-6-5(4-10-13-6)7(14)12-8/h4H,2-3H2,1H3,(H3,9,10,11,12,13,14). The van der Waals surface area contributed by atoms with Crippen LogP contribution in [-0.2, 0) is 0 Å². The molecule has 0 bridgehead atoms. The van der Waals surface area contributed by atoms with E-state index in [9.17, 15) is 4.79 Å². The minimum absolute atomic E-state index is 0.178. The molecule has 6 heteroatoms. The van der Waals surface area contributed by atoms with Crippen LogP contribution >= 0.6 is 0 Å². The van der Waals surface area contributed by atoms with Crippen molar-refractivity contribution in [1.82, 2.24) is 20.2 Å². The number of fused-ring (bicyclic) bond motifs is 1. The van der Waals surface area contributed by atoms with Gasteiger partial charge in [-0.25, -0.2) is 0 Å². The summed E-state index contributed by atoms with van der Waals surface area (Å²) in [5, 5.41) is 9.89. The molecule has 2 heterocycles. The van der Waals surface area contributed by atoms with Gasteiger partial charge in [-0.3, -0.25) is 14.9 Å². The lowest BCUT2D eigenvalue weighted by molar-refractivity contribution is 0.951. The first-order chi connectivity index (χ1) is 6.81. The molecular weight excluding hydrogens is 182 g/mol. The van der Waals surface area contributed by atoms with Crippen molar-refractivity contribution in [1.29, 1.82) is 0 Å². The Morgan fingerprint density at radius 1 is 1.57 bits per heavy atom. The normalized spacial score (nSPS) is 10.6. The Morgan fingerprint density at radius 3 is 3.21 bits per heavy atom.